The fourth-order valence-electron chi connectivity index (χ4n) is 1.53. The third-order valence-corrected chi connectivity index (χ3v) is 4.05. The van der Waals surface area contributed by atoms with E-state index in [0.29, 0.717) is 5.75 Å². The predicted molar refractivity (Wildman–Crippen MR) is 80.8 cm³/mol. The molecule has 0 bridgehead atoms. The number of carbonyl (C=O) groups is 1. The number of thioether (sulfide) groups is 1. The summed E-state index contributed by atoms with van der Waals surface area (Å²) in [6.07, 6.45) is 0. The fraction of sp³-hybridized carbons (Fsp3) is 0.364. The second-order valence-electron chi connectivity index (χ2n) is 3.61. The van der Waals surface area contributed by atoms with Crippen LogP contribution in [0.3, 0.4) is 0 Å². The molecule has 1 heterocycles. The first-order chi connectivity index (χ1) is 8.20. The summed E-state index contributed by atoms with van der Waals surface area (Å²) in [7, 11) is 1.60. The van der Waals surface area contributed by atoms with Crippen molar-refractivity contribution in [3.05, 3.63) is 22.7 Å². The van der Waals surface area contributed by atoms with Crippen molar-refractivity contribution < 1.29 is 9.53 Å². The second-order valence-corrected chi connectivity index (χ2v) is 5.50. The average Bonchev–Trinajstić information content (AvgIpc) is 2.85. The fourth-order valence-corrected chi connectivity index (χ4v) is 2.88. The van der Waals surface area contributed by atoms with Gasteiger partial charge in [-0.25, -0.2) is 0 Å². The molecule has 7 heteroatoms. The molecule has 100 valence electrons. The molecule has 1 aromatic carbocycles. The minimum Gasteiger partial charge on any atom is -0.495 e. The Kier molecular flexibility index (Phi) is 6.28. The summed E-state index contributed by atoms with van der Waals surface area (Å²) in [5.41, 5.74) is 0.744. The van der Waals surface area contributed by atoms with Crippen molar-refractivity contribution in [2.24, 2.45) is 0 Å². The molecule has 18 heavy (non-hydrogen) atoms. The van der Waals surface area contributed by atoms with Crippen molar-refractivity contribution >= 4 is 51.7 Å². The van der Waals surface area contributed by atoms with E-state index in [1.54, 1.807) is 24.9 Å². The summed E-state index contributed by atoms with van der Waals surface area (Å²) < 4.78 is 6.04. The van der Waals surface area contributed by atoms with Crippen LogP contribution in [-0.2, 0) is 4.79 Å². The molecule has 4 nitrogen and oxygen atoms in total. The highest BCUT2D eigenvalue weighted by atomic mass is 79.9. The van der Waals surface area contributed by atoms with Crippen LogP contribution in [0.5, 0.6) is 5.75 Å². The van der Waals surface area contributed by atoms with Crippen LogP contribution in [0.1, 0.15) is 0 Å². The Labute approximate surface area is 125 Å². The van der Waals surface area contributed by atoms with Gasteiger partial charge in [-0.15, -0.1) is 24.2 Å². The topological polar surface area (TPSA) is 50.4 Å². The monoisotopic (exact) mass is 352 g/mol. The molecule has 1 atom stereocenters. The number of halogens is 2. The highest BCUT2D eigenvalue weighted by Crippen LogP contribution is 2.28. The number of methoxy groups -OCH3 is 1. The lowest BCUT2D eigenvalue weighted by atomic mass is 10.2. The van der Waals surface area contributed by atoms with E-state index in [0.717, 1.165) is 21.8 Å². The number of benzene rings is 1. The van der Waals surface area contributed by atoms with Crippen LogP contribution in [-0.4, -0.2) is 30.7 Å². The van der Waals surface area contributed by atoms with E-state index in [1.807, 2.05) is 12.1 Å². The lowest BCUT2D eigenvalue weighted by molar-refractivity contribution is -0.117. The van der Waals surface area contributed by atoms with Crippen molar-refractivity contribution in [2.45, 2.75) is 6.04 Å². The maximum Gasteiger partial charge on any atom is 0.242 e. The van der Waals surface area contributed by atoms with Gasteiger partial charge in [0.1, 0.15) is 5.75 Å². The summed E-state index contributed by atoms with van der Waals surface area (Å²) in [5.74, 6) is 2.36. The zero-order chi connectivity index (χ0) is 12.3. The van der Waals surface area contributed by atoms with Gasteiger partial charge in [-0.1, -0.05) is 0 Å². The Morgan fingerprint density at radius 3 is 3.00 bits per heavy atom. The number of ether oxygens (including phenoxy) is 1. The molecule has 0 saturated carbocycles. The predicted octanol–water partition coefficient (Wildman–Crippen LogP) is 2.48. The molecule has 2 rings (SSSR count). The van der Waals surface area contributed by atoms with Crippen LogP contribution >= 0.6 is 40.1 Å². The van der Waals surface area contributed by atoms with Crippen LogP contribution in [0, 0.1) is 0 Å². The molecule has 1 aliphatic rings. The van der Waals surface area contributed by atoms with Gasteiger partial charge in [-0.05, 0) is 28.1 Å². The maximum absolute atomic E-state index is 11.9. The number of amides is 1. The summed E-state index contributed by atoms with van der Waals surface area (Å²) >= 11 is 5.10. The smallest absolute Gasteiger partial charge is 0.242 e. The van der Waals surface area contributed by atoms with Gasteiger partial charge in [-0.2, -0.15) is 0 Å². The highest BCUT2D eigenvalue weighted by molar-refractivity contribution is 9.10. The van der Waals surface area contributed by atoms with E-state index in [-0.39, 0.29) is 24.4 Å². The molecule has 0 radical (unpaired) electrons. The molecule has 1 unspecified atom stereocenters. The molecular weight excluding hydrogens is 340 g/mol. The molecule has 1 saturated heterocycles. The van der Waals surface area contributed by atoms with Crippen LogP contribution in [0.25, 0.3) is 0 Å². The third-order valence-electron chi connectivity index (χ3n) is 2.45. The first kappa shape index (κ1) is 15.6. The standard InChI is InChI=1S/C11H13BrN2O2S.ClH/c1-16-10-4-7(2-3-8(10)12)14-11(15)9-5-17-6-13-9;/h2-4,9,13H,5-6H2,1H3,(H,14,15);1H. The molecule has 1 aliphatic heterocycles. The van der Waals surface area contributed by atoms with Crippen molar-refractivity contribution in [1.82, 2.24) is 5.32 Å². The van der Waals surface area contributed by atoms with Gasteiger partial charge in [0.05, 0.1) is 17.6 Å². The Bertz CT molecular complexity index is 428. The third kappa shape index (κ3) is 3.78. The number of nitrogens with one attached hydrogen (secondary N) is 2. The molecule has 0 aromatic heterocycles. The van der Waals surface area contributed by atoms with Gasteiger partial charge < -0.3 is 10.1 Å². The van der Waals surface area contributed by atoms with E-state index in [9.17, 15) is 4.79 Å². The lowest BCUT2D eigenvalue weighted by Crippen LogP contribution is -2.37. The normalized spacial score (nSPS) is 18.0. The van der Waals surface area contributed by atoms with Crippen molar-refractivity contribution in [2.75, 3.05) is 24.1 Å². The quantitative estimate of drug-likeness (QED) is 0.876. The van der Waals surface area contributed by atoms with Crippen LogP contribution in [0.2, 0.25) is 0 Å². The van der Waals surface area contributed by atoms with Gasteiger partial charge in [0.25, 0.3) is 0 Å². The van der Waals surface area contributed by atoms with Gasteiger partial charge in [-0.3, -0.25) is 10.1 Å². The molecule has 0 spiro atoms. The molecule has 1 amide bonds. The SMILES string of the molecule is COc1cc(NC(=O)C2CSCN2)ccc1Br.Cl. The maximum atomic E-state index is 11.9. The summed E-state index contributed by atoms with van der Waals surface area (Å²) in [6, 6.07) is 5.39. The van der Waals surface area contributed by atoms with Crippen LogP contribution in [0.15, 0.2) is 22.7 Å². The first-order valence-corrected chi connectivity index (χ1v) is 7.11. The largest absolute Gasteiger partial charge is 0.495 e. The number of hydrogen-bond acceptors (Lipinski definition) is 4. The van der Waals surface area contributed by atoms with E-state index in [4.69, 9.17) is 4.74 Å². The van der Waals surface area contributed by atoms with Gasteiger partial charge in [0.15, 0.2) is 0 Å². The van der Waals surface area contributed by atoms with Gasteiger partial charge >= 0.3 is 0 Å². The minimum absolute atomic E-state index is 0. The number of rotatable bonds is 3. The molecule has 2 N–H and O–H groups in total. The Hall–Kier alpha value is -0.430. The van der Waals surface area contributed by atoms with E-state index >= 15 is 0 Å². The molecule has 1 aromatic rings. The first-order valence-electron chi connectivity index (χ1n) is 5.16. The van der Waals surface area contributed by atoms with E-state index in [2.05, 4.69) is 26.6 Å². The Balaban J connectivity index is 0.00000162. The zero-order valence-electron chi connectivity index (χ0n) is 9.73. The van der Waals surface area contributed by atoms with Crippen LogP contribution in [0.4, 0.5) is 5.69 Å². The zero-order valence-corrected chi connectivity index (χ0v) is 13.0. The minimum atomic E-state index is -0.102. The Morgan fingerprint density at radius 2 is 2.39 bits per heavy atom. The number of hydrogen-bond donors (Lipinski definition) is 2. The van der Waals surface area contributed by atoms with Crippen molar-refractivity contribution in [3.63, 3.8) is 0 Å². The molecule has 0 aliphatic carbocycles. The number of carbonyl (C=O) groups excluding carboxylic acids is 1. The Morgan fingerprint density at radius 1 is 1.61 bits per heavy atom. The highest BCUT2D eigenvalue weighted by Gasteiger charge is 2.22. The lowest BCUT2D eigenvalue weighted by Gasteiger charge is -2.11. The summed E-state index contributed by atoms with van der Waals surface area (Å²) in [5, 5.41) is 6.00. The van der Waals surface area contributed by atoms with E-state index in [1.165, 1.54) is 0 Å². The second kappa shape index (κ2) is 7.23. The van der Waals surface area contributed by atoms with E-state index < -0.39 is 0 Å². The average molecular weight is 354 g/mol. The molecule has 1 fully saturated rings. The van der Waals surface area contributed by atoms with Crippen LogP contribution < -0.4 is 15.4 Å². The summed E-state index contributed by atoms with van der Waals surface area (Å²) in [4.78, 5) is 11.9. The van der Waals surface area contributed by atoms with Gasteiger partial charge in [0.2, 0.25) is 5.91 Å². The summed E-state index contributed by atoms with van der Waals surface area (Å²) in [6.45, 7) is 0. The van der Waals surface area contributed by atoms with Gasteiger partial charge in [0, 0.05) is 23.4 Å². The number of anilines is 1. The molecular formula is C11H14BrClN2O2S. The van der Waals surface area contributed by atoms with Crippen molar-refractivity contribution in [3.8, 4) is 5.75 Å². The van der Waals surface area contributed by atoms with Crippen molar-refractivity contribution in [1.29, 1.82) is 0 Å².